The first-order valence-corrected chi connectivity index (χ1v) is 9.70. The predicted octanol–water partition coefficient (Wildman–Crippen LogP) is 1.54. The Labute approximate surface area is 168 Å². The van der Waals surface area contributed by atoms with E-state index in [4.69, 9.17) is 16.7 Å². The van der Waals surface area contributed by atoms with Crippen molar-refractivity contribution in [2.75, 3.05) is 11.4 Å². The lowest BCUT2D eigenvalue weighted by atomic mass is 10.2. The summed E-state index contributed by atoms with van der Waals surface area (Å²) in [7, 11) is 0. The average molecular weight is 413 g/mol. The van der Waals surface area contributed by atoms with Gasteiger partial charge >= 0.3 is 0 Å². The zero-order chi connectivity index (χ0) is 20.1. The topological polar surface area (TPSA) is 114 Å². The van der Waals surface area contributed by atoms with Gasteiger partial charge in [-0.15, -0.1) is 0 Å². The molecule has 4 aromatic heterocycles. The van der Waals surface area contributed by atoms with E-state index in [1.54, 1.807) is 16.8 Å². The lowest BCUT2D eigenvalue weighted by Gasteiger charge is -2.27. The number of H-pyrrole nitrogens is 1. The molecule has 0 radical (unpaired) electrons. The third-order valence-electron chi connectivity index (χ3n) is 5.32. The van der Waals surface area contributed by atoms with Crippen molar-refractivity contribution in [2.24, 2.45) is 0 Å². The number of hydrogen-bond acceptors (Lipinski definition) is 7. The number of rotatable bonds is 3. The molecular weight excluding hydrogens is 396 g/mol. The first-order chi connectivity index (χ1) is 14.1. The van der Waals surface area contributed by atoms with Crippen molar-refractivity contribution < 1.29 is 0 Å². The van der Waals surface area contributed by atoms with Crippen molar-refractivity contribution in [3.05, 3.63) is 56.5 Å². The second-order valence-corrected chi connectivity index (χ2v) is 7.25. The maximum Gasteiger partial charge on any atom is 0.285 e. The minimum atomic E-state index is -0.395. The first kappa shape index (κ1) is 17.8. The molecule has 1 saturated heterocycles. The molecular formula is C18H17ClN8O2. The Morgan fingerprint density at radius 2 is 2.14 bits per heavy atom. The maximum atomic E-state index is 13.0. The minimum absolute atomic E-state index is 0.189. The number of fused-ring (bicyclic) bond motifs is 2. The Morgan fingerprint density at radius 1 is 1.28 bits per heavy atom. The summed E-state index contributed by atoms with van der Waals surface area (Å²) in [6, 6.07) is 1.44. The second-order valence-electron chi connectivity index (χ2n) is 6.84. The molecule has 4 aromatic rings. The molecule has 148 valence electrons. The van der Waals surface area contributed by atoms with Crippen LogP contribution in [0.25, 0.3) is 16.6 Å². The molecule has 5 heterocycles. The third kappa shape index (κ3) is 2.63. The summed E-state index contributed by atoms with van der Waals surface area (Å²) in [4.78, 5) is 42.7. The van der Waals surface area contributed by atoms with Crippen LogP contribution in [0.3, 0.4) is 0 Å². The lowest BCUT2D eigenvalue weighted by molar-refractivity contribution is 0.545. The molecule has 1 atom stereocenters. The van der Waals surface area contributed by atoms with E-state index in [9.17, 15) is 9.59 Å². The molecule has 5 rings (SSSR count). The van der Waals surface area contributed by atoms with E-state index in [0.29, 0.717) is 46.3 Å². The highest BCUT2D eigenvalue weighted by atomic mass is 35.5. The van der Waals surface area contributed by atoms with Crippen molar-refractivity contribution in [3.63, 3.8) is 0 Å². The van der Waals surface area contributed by atoms with Gasteiger partial charge in [0.1, 0.15) is 28.7 Å². The van der Waals surface area contributed by atoms with Gasteiger partial charge < -0.3 is 9.88 Å². The van der Waals surface area contributed by atoms with Crippen LogP contribution in [0.2, 0.25) is 5.02 Å². The van der Waals surface area contributed by atoms with Crippen molar-refractivity contribution in [1.82, 2.24) is 34.1 Å². The second kappa shape index (κ2) is 6.66. The normalized spacial score (nSPS) is 16.9. The van der Waals surface area contributed by atoms with Crippen molar-refractivity contribution >= 4 is 34.0 Å². The molecule has 1 aliphatic heterocycles. The molecule has 29 heavy (non-hydrogen) atoms. The van der Waals surface area contributed by atoms with Gasteiger partial charge in [-0.3, -0.25) is 14.2 Å². The van der Waals surface area contributed by atoms with Crippen molar-refractivity contribution in [3.8, 4) is 0 Å². The number of aromatic nitrogens is 7. The zero-order valence-corrected chi connectivity index (χ0v) is 16.3. The van der Waals surface area contributed by atoms with Crippen LogP contribution in [0.1, 0.15) is 31.6 Å². The van der Waals surface area contributed by atoms with Crippen molar-refractivity contribution in [1.29, 1.82) is 0 Å². The quantitative estimate of drug-likeness (QED) is 0.542. The van der Waals surface area contributed by atoms with E-state index in [2.05, 4.69) is 19.9 Å². The van der Waals surface area contributed by atoms with Crippen LogP contribution >= 0.6 is 11.6 Å². The fourth-order valence-electron chi connectivity index (χ4n) is 4.04. The van der Waals surface area contributed by atoms with E-state index >= 15 is 0 Å². The monoisotopic (exact) mass is 412 g/mol. The fourth-order valence-corrected chi connectivity index (χ4v) is 4.26. The number of anilines is 1. The van der Waals surface area contributed by atoms with E-state index in [1.165, 1.54) is 17.2 Å². The molecule has 0 aromatic carbocycles. The summed E-state index contributed by atoms with van der Waals surface area (Å²) >= 11 is 6.18. The average Bonchev–Trinajstić information content (AvgIpc) is 3.34. The molecule has 0 spiro atoms. The van der Waals surface area contributed by atoms with Gasteiger partial charge in [-0.25, -0.2) is 14.5 Å². The Hall–Kier alpha value is -3.27. The van der Waals surface area contributed by atoms with Gasteiger partial charge in [0, 0.05) is 19.3 Å². The smallest absolute Gasteiger partial charge is 0.285 e. The van der Waals surface area contributed by atoms with Crippen molar-refractivity contribution in [2.45, 2.75) is 32.4 Å². The molecule has 0 bridgehead atoms. The number of halogens is 1. The SMILES string of the molecule is CCn1c(C2CCCN2c2ncnc3[nH]cnc(=O)c23)nn2ccc(Cl)c2c1=O. The Bertz CT molecular complexity index is 1350. The Kier molecular flexibility index (Phi) is 4.09. The molecule has 0 amide bonds. The lowest BCUT2D eigenvalue weighted by Crippen LogP contribution is -2.34. The highest BCUT2D eigenvalue weighted by Crippen LogP contribution is 2.35. The molecule has 0 saturated carbocycles. The molecule has 1 N–H and O–H groups in total. The van der Waals surface area contributed by atoms with Crippen LogP contribution in [0.5, 0.6) is 0 Å². The summed E-state index contributed by atoms with van der Waals surface area (Å²) < 4.78 is 3.16. The van der Waals surface area contributed by atoms with Crippen LogP contribution in [-0.4, -0.2) is 40.7 Å². The zero-order valence-electron chi connectivity index (χ0n) is 15.5. The number of aromatic amines is 1. The van der Waals surface area contributed by atoms with Crippen LogP contribution in [0.4, 0.5) is 5.82 Å². The molecule has 0 aliphatic carbocycles. The predicted molar refractivity (Wildman–Crippen MR) is 107 cm³/mol. The van der Waals surface area contributed by atoms with Gasteiger partial charge in [-0.05, 0) is 25.8 Å². The molecule has 11 heteroatoms. The van der Waals surface area contributed by atoms with Gasteiger partial charge in [-0.1, -0.05) is 11.6 Å². The van der Waals surface area contributed by atoms with E-state index in [0.717, 1.165) is 12.8 Å². The van der Waals surface area contributed by atoms with Gasteiger partial charge in [0.05, 0.1) is 17.4 Å². The van der Waals surface area contributed by atoms with Crippen LogP contribution in [0, 0.1) is 0 Å². The largest absolute Gasteiger partial charge is 0.346 e. The minimum Gasteiger partial charge on any atom is -0.346 e. The van der Waals surface area contributed by atoms with Gasteiger partial charge in [0.15, 0.2) is 5.82 Å². The van der Waals surface area contributed by atoms with Crippen LogP contribution in [-0.2, 0) is 6.54 Å². The highest BCUT2D eigenvalue weighted by Gasteiger charge is 2.33. The summed E-state index contributed by atoms with van der Waals surface area (Å²) in [6.45, 7) is 3.03. The summed E-state index contributed by atoms with van der Waals surface area (Å²) in [5, 5.41) is 5.40. The van der Waals surface area contributed by atoms with E-state index in [1.807, 2.05) is 11.8 Å². The highest BCUT2D eigenvalue weighted by molar-refractivity contribution is 6.33. The maximum absolute atomic E-state index is 13.0. The van der Waals surface area contributed by atoms with Crippen LogP contribution < -0.4 is 16.0 Å². The summed E-state index contributed by atoms with van der Waals surface area (Å²) in [5.74, 6) is 1.11. The van der Waals surface area contributed by atoms with E-state index < -0.39 is 5.56 Å². The summed E-state index contributed by atoms with van der Waals surface area (Å²) in [5.41, 5.74) is 0.198. The summed E-state index contributed by atoms with van der Waals surface area (Å²) in [6.07, 6.45) is 6.06. The molecule has 10 nitrogen and oxygen atoms in total. The third-order valence-corrected chi connectivity index (χ3v) is 5.62. The fraction of sp³-hybridized carbons (Fsp3) is 0.333. The van der Waals surface area contributed by atoms with Gasteiger partial charge in [0.2, 0.25) is 0 Å². The Morgan fingerprint density at radius 3 is 2.97 bits per heavy atom. The van der Waals surface area contributed by atoms with E-state index in [-0.39, 0.29) is 11.6 Å². The molecule has 1 aliphatic rings. The Balaban J connectivity index is 1.72. The van der Waals surface area contributed by atoms with Crippen LogP contribution in [0.15, 0.2) is 34.5 Å². The van der Waals surface area contributed by atoms with Gasteiger partial charge in [0.25, 0.3) is 11.1 Å². The first-order valence-electron chi connectivity index (χ1n) is 9.32. The standard InChI is InChI=1S/C18H17ClN8O2/c1-2-25-15(24-27-7-5-10(19)13(27)18(25)29)11-4-3-6-26(11)16-12-14(20-8-22-16)21-9-23-17(12)28/h5,7-9,11H,2-4,6H2,1H3,(H,20,21,22,23,28). The number of nitrogens with zero attached hydrogens (tertiary/aromatic N) is 7. The number of hydrogen-bond donors (Lipinski definition) is 1. The van der Waals surface area contributed by atoms with Gasteiger partial charge in [-0.2, -0.15) is 10.1 Å². The number of nitrogens with one attached hydrogen (secondary N) is 1. The molecule has 1 unspecified atom stereocenters. The molecule has 1 fully saturated rings.